The maximum Gasteiger partial charge on any atom is 0.308 e. The number of benzene rings is 2. The van der Waals surface area contributed by atoms with E-state index in [9.17, 15) is 19.5 Å². The number of ketones is 1. The van der Waals surface area contributed by atoms with Crippen LogP contribution in [0.4, 0.5) is 0 Å². The second-order valence-corrected chi connectivity index (χ2v) is 14.1. The van der Waals surface area contributed by atoms with Crippen LogP contribution in [0.5, 0.6) is 5.75 Å². The normalized spacial score (nSPS) is 14.9. The lowest BCUT2D eigenvalue weighted by molar-refractivity contribution is -0.141. The van der Waals surface area contributed by atoms with Gasteiger partial charge in [0, 0.05) is 53.8 Å². The van der Waals surface area contributed by atoms with Crippen LogP contribution in [0.2, 0.25) is 0 Å². The Balaban J connectivity index is 1.22. The third-order valence-electron chi connectivity index (χ3n) is 9.11. The molecular formula is C40H47N3O5S. The first kappa shape index (κ1) is 35.9. The zero-order valence-electron chi connectivity index (χ0n) is 28.6. The van der Waals surface area contributed by atoms with Crippen molar-refractivity contribution in [3.63, 3.8) is 0 Å². The summed E-state index contributed by atoms with van der Waals surface area (Å²) < 4.78 is 5.90. The Morgan fingerprint density at radius 2 is 1.59 bits per heavy atom. The lowest BCUT2D eigenvalue weighted by Crippen LogP contribution is -2.37. The van der Waals surface area contributed by atoms with Crippen LogP contribution in [0.1, 0.15) is 85.3 Å². The molecule has 2 aromatic carbocycles. The Kier molecular flexibility index (Phi) is 13.1. The maximum atomic E-state index is 13.7. The average molecular weight is 682 g/mol. The molecule has 8 nitrogen and oxygen atoms in total. The Labute approximate surface area is 293 Å². The van der Waals surface area contributed by atoms with E-state index >= 15 is 0 Å². The van der Waals surface area contributed by atoms with Gasteiger partial charge in [-0.3, -0.25) is 14.4 Å². The number of aromatic nitrogens is 2. The number of likely N-dealkylation sites (tertiary alicyclic amines) is 1. The van der Waals surface area contributed by atoms with E-state index < -0.39 is 17.8 Å². The number of unbranched alkanes of at least 4 members (excludes halogenated alkanes) is 4. The van der Waals surface area contributed by atoms with Gasteiger partial charge in [0.05, 0.1) is 17.4 Å². The minimum atomic E-state index is -0.887. The number of hydrogen-bond donors (Lipinski definition) is 1. The summed E-state index contributed by atoms with van der Waals surface area (Å²) in [6.07, 6.45) is 12.5. The second-order valence-electron chi connectivity index (χ2n) is 12.9. The van der Waals surface area contributed by atoms with E-state index in [4.69, 9.17) is 4.74 Å². The fraction of sp³-hybridized carbons (Fsp3) is 0.425. The van der Waals surface area contributed by atoms with Gasteiger partial charge in [0.1, 0.15) is 5.75 Å². The molecule has 2 aromatic heterocycles. The predicted molar refractivity (Wildman–Crippen MR) is 194 cm³/mol. The van der Waals surface area contributed by atoms with Crippen LogP contribution < -0.4 is 4.74 Å². The van der Waals surface area contributed by atoms with Gasteiger partial charge >= 0.3 is 5.97 Å². The van der Waals surface area contributed by atoms with Crippen molar-refractivity contribution in [2.24, 2.45) is 11.8 Å². The molecule has 0 unspecified atom stereocenters. The van der Waals surface area contributed by atoms with Crippen LogP contribution in [-0.4, -0.2) is 57.3 Å². The van der Waals surface area contributed by atoms with Gasteiger partial charge in [0.2, 0.25) is 5.91 Å². The Bertz CT molecular complexity index is 1670. The van der Waals surface area contributed by atoms with Gasteiger partial charge in [-0.1, -0.05) is 82.3 Å². The Morgan fingerprint density at radius 1 is 0.878 bits per heavy atom. The summed E-state index contributed by atoms with van der Waals surface area (Å²) in [6, 6.07) is 19.6. The zero-order chi connectivity index (χ0) is 34.6. The molecule has 9 heteroatoms. The number of aliphatic carboxylic acids is 1. The quantitative estimate of drug-likeness (QED) is 0.0828. The van der Waals surface area contributed by atoms with E-state index in [0.717, 1.165) is 58.7 Å². The lowest BCUT2D eigenvalue weighted by atomic mass is 9.92. The minimum absolute atomic E-state index is 0.0511. The number of carbonyl (C=O) groups excluding carboxylic acids is 2. The molecule has 0 radical (unpaired) electrons. The molecular weight excluding hydrogens is 635 g/mol. The number of ether oxygens (including phenoxy) is 1. The summed E-state index contributed by atoms with van der Waals surface area (Å²) >= 11 is 1.50. The molecule has 0 aliphatic carbocycles. The molecule has 1 aliphatic heterocycles. The SMILES string of the molecule is CCCCCCCOc1ccc(-c2cnc(-c3ccc(C[C@H](CC(=O)c4ccc(CCC)s4)C(=O)N4CC[C@H](C(=O)O)C4)cc3)nc2)cc1. The maximum absolute atomic E-state index is 13.7. The van der Waals surface area contributed by atoms with Crippen LogP contribution in [0, 0.1) is 11.8 Å². The number of amides is 1. The fourth-order valence-electron chi connectivity index (χ4n) is 6.24. The van der Waals surface area contributed by atoms with Crippen LogP contribution >= 0.6 is 11.3 Å². The molecule has 0 bridgehead atoms. The van der Waals surface area contributed by atoms with Crippen LogP contribution in [0.3, 0.4) is 0 Å². The van der Waals surface area contributed by atoms with Gasteiger partial charge in [-0.2, -0.15) is 0 Å². The standard InChI is InChI=1S/C40H47N3O5S/c1-3-5-6-7-8-22-48-34-16-14-29(15-17-34)33-25-41-38(42-26-33)30-12-10-28(11-13-30)23-32(39(45)43-21-20-31(27-43)40(46)47)24-36(44)37-19-18-35(49-37)9-4-2/h10-19,25-26,31-32H,3-9,20-24,27H2,1-2H3,(H,46,47)/t31-,32+/m0/s1. The first-order valence-electron chi connectivity index (χ1n) is 17.6. The van der Waals surface area contributed by atoms with E-state index in [1.807, 2.05) is 73.1 Å². The molecule has 1 N–H and O–H groups in total. The minimum Gasteiger partial charge on any atom is -0.494 e. The zero-order valence-corrected chi connectivity index (χ0v) is 29.4. The Morgan fingerprint density at radius 3 is 2.27 bits per heavy atom. The van der Waals surface area contributed by atoms with Gasteiger partial charge < -0.3 is 14.7 Å². The van der Waals surface area contributed by atoms with Crippen molar-refractivity contribution in [2.75, 3.05) is 19.7 Å². The van der Waals surface area contributed by atoms with Crippen molar-refractivity contribution in [1.29, 1.82) is 0 Å². The number of Topliss-reactive ketones (excluding diaryl/α,β-unsaturated/α-hetero) is 1. The molecule has 5 rings (SSSR count). The molecule has 258 valence electrons. The summed E-state index contributed by atoms with van der Waals surface area (Å²) in [5.41, 5.74) is 3.70. The predicted octanol–water partition coefficient (Wildman–Crippen LogP) is 8.54. The highest BCUT2D eigenvalue weighted by atomic mass is 32.1. The van der Waals surface area contributed by atoms with Crippen molar-refractivity contribution in [1.82, 2.24) is 14.9 Å². The van der Waals surface area contributed by atoms with Crippen molar-refractivity contribution < 1.29 is 24.2 Å². The summed E-state index contributed by atoms with van der Waals surface area (Å²) in [5, 5.41) is 9.48. The third kappa shape index (κ3) is 10.1. The van der Waals surface area contributed by atoms with E-state index in [0.29, 0.717) is 30.1 Å². The third-order valence-corrected chi connectivity index (χ3v) is 10.3. The number of carboxylic acids is 1. The van der Waals surface area contributed by atoms with E-state index in [-0.39, 0.29) is 24.7 Å². The average Bonchev–Trinajstić information content (AvgIpc) is 3.81. The number of carbonyl (C=O) groups is 3. The lowest BCUT2D eigenvalue weighted by Gasteiger charge is -2.23. The van der Waals surface area contributed by atoms with Gasteiger partial charge in [-0.15, -0.1) is 11.3 Å². The summed E-state index contributed by atoms with van der Waals surface area (Å²) in [7, 11) is 0. The number of nitrogens with zero attached hydrogens (tertiary/aromatic N) is 3. The second kappa shape index (κ2) is 17.9. The number of hydrogen-bond acceptors (Lipinski definition) is 7. The van der Waals surface area contributed by atoms with Crippen molar-refractivity contribution in [2.45, 2.75) is 78.1 Å². The molecule has 1 saturated heterocycles. The summed E-state index contributed by atoms with van der Waals surface area (Å²) in [6.45, 7) is 5.63. The first-order chi connectivity index (χ1) is 23.8. The molecule has 2 atom stereocenters. The summed E-state index contributed by atoms with van der Waals surface area (Å²) in [4.78, 5) is 51.3. The summed E-state index contributed by atoms with van der Waals surface area (Å²) in [5.74, 6) is -0.788. The molecule has 0 spiro atoms. The van der Waals surface area contributed by atoms with Crippen molar-refractivity contribution >= 4 is 29.0 Å². The number of carboxylic acid groups (broad SMARTS) is 1. The molecule has 4 aromatic rings. The molecule has 1 fully saturated rings. The number of thiophene rings is 1. The van der Waals surface area contributed by atoms with E-state index in [2.05, 4.69) is 23.8 Å². The van der Waals surface area contributed by atoms with Gasteiger partial charge in [0.15, 0.2) is 11.6 Å². The molecule has 1 amide bonds. The van der Waals surface area contributed by atoms with Crippen molar-refractivity contribution in [3.05, 3.63) is 88.4 Å². The van der Waals surface area contributed by atoms with Gasteiger partial charge in [-0.05, 0) is 61.1 Å². The fourth-order valence-corrected chi connectivity index (χ4v) is 7.30. The highest BCUT2D eigenvalue weighted by Crippen LogP contribution is 2.28. The van der Waals surface area contributed by atoms with Gasteiger partial charge in [-0.25, -0.2) is 9.97 Å². The van der Waals surface area contributed by atoms with Crippen LogP contribution in [0.25, 0.3) is 22.5 Å². The number of rotatable bonds is 18. The Hall–Kier alpha value is -4.37. The van der Waals surface area contributed by atoms with E-state index in [1.54, 1.807) is 4.90 Å². The largest absolute Gasteiger partial charge is 0.494 e. The van der Waals surface area contributed by atoms with Crippen molar-refractivity contribution in [3.8, 4) is 28.3 Å². The first-order valence-corrected chi connectivity index (χ1v) is 18.4. The smallest absolute Gasteiger partial charge is 0.308 e. The molecule has 49 heavy (non-hydrogen) atoms. The van der Waals surface area contributed by atoms with E-state index in [1.165, 1.54) is 37.0 Å². The van der Waals surface area contributed by atoms with Crippen LogP contribution in [-0.2, 0) is 22.4 Å². The highest BCUT2D eigenvalue weighted by Gasteiger charge is 2.35. The molecule has 0 saturated carbocycles. The monoisotopic (exact) mass is 681 g/mol. The van der Waals surface area contributed by atoms with Gasteiger partial charge in [0.25, 0.3) is 0 Å². The highest BCUT2D eigenvalue weighted by molar-refractivity contribution is 7.14. The topological polar surface area (TPSA) is 110 Å². The van der Waals surface area contributed by atoms with Crippen LogP contribution in [0.15, 0.2) is 73.1 Å². The number of aryl methyl sites for hydroxylation is 1. The molecule has 3 heterocycles. The molecule has 1 aliphatic rings.